The Morgan fingerprint density at radius 3 is 0.853 bits per heavy atom. The lowest BCUT2D eigenvalue weighted by atomic mass is 10.1. The quantitative estimate of drug-likeness (QED) is 0.00651. The predicted molar refractivity (Wildman–Crippen MR) is 435 cm³/mol. The zero-order valence-electron chi connectivity index (χ0n) is 64.7. The molecule has 0 atom stereocenters. The maximum absolute atomic E-state index is 12.9. The van der Waals surface area contributed by atoms with Gasteiger partial charge in [-0.2, -0.15) is 20.4 Å². The number of ether oxygens (including phenoxy) is 13. The lowest BCUT2D eigenvalue weighted by Gasteiger charge is -2.10. The van der Waals surface area contributed by atoms with Crippen molar-refractivity contribution in [1.82, 2.24) is 0 Å². The van der Waals surface area contributed by atoms with Gasteiger partial charge in [-0.15, -0.1) is 0 Å². The molecule has 8 rings (SSSR count). The first-order chi connectivity index (χ1) is 56.4. The molecule has 602 valence electrons. The zero-order chi connectivity index (χ0) is 83.1. The number of benzene rings is 8. The molecule has 0 unspecified atom stereocenters. The third kappa shape index (κ3) is 31.9. The highest BCUT2D eigenvalue weighted by Gasteiger charge is 2.20. The van der Waals surface area contributed by atoms with Crippen LogP contribution in [0, 0.1) is 0 Å². The summed E-state index contributed by atoms with van der Waals surface area (Å²) in [5.41, 5.74) is 5.70. The predicted octanol–water partition coefficient (Wildman–Crippen LogP) is 16.1. The Morgan fingerprint density at radius 2 is 0.560 bits per heavy atom. The van der Waals surface area contributed by atoms with E-state index >= 15 is 0 Å². The van der Waals surface area contributed by atoms with Gasteiger partial charge in [0.05, 0.1) is 106 Å². The van der Waals surface area contributed by atoms with Gasteiger partial charge in [0, 0.05) is 24.3 Å². The molecule has 0 aliphatic carbocycles. The van der Waals surface area contributed by atoms with Gasteiger partial charge in [0.15, 0.2) is 0 Å². The smallest absolute Gasteiger partial charge is 0.343 e. The van der Waals surface area contributed by atoms with Crippen LogP contribution < -0.4 is 37.9 Å². The van der Waals surface area contributed by atoms with Gasteiger partial charge in [-0.1, -0.05) is 40.2 Å². The normalized spacial score (nSPS) is 11.0. The fourth-order valence-electron chi connectivity index (χ4n) is 9.93. The van der Waals surface area contributed by atoms with Gasteiger partial charge in [-0.05, 0) is 275 Å². The standard InChI is InChI=1S/C46H48N2O10.C44H42N2O12/c1-5-41(33-13-25-39(26-14-33)57-45(51)35-17-21-37(22-18-35)53-29-9-11-31-55-43(49)7-3)47-48-42(6-2)34-15-27-40(28-16-34)58-46(52)36-19-23-38(24-20-36)54-30-10-12-32-56-44(50)8-4;1-4-40(47)55-26-8-6-24-53-35-19-13-33(14-20-35)42(49)57-37-17-10-31(11-18-37)29-45-46-30-32-12-23-39(38(28-32)44(51)52-3)58-43(50)34-15-21-36(22-16-34)54-25-7-9-27-56-41(48)5-2/h7-8,13-28H,3-6,9-12,29-32H2,1-2H3;4-5,10-23,28-30H,1-2,6-9,24-27H2,3H3/b47-41+,48-42+;45-29+,46-30+. The Kier molecular flexibility index (Phi) is 38.3. The van der Waals surface area contributed by atoms with Crippen molar-refractivity contribution >= 4 is 77.6 Å². The van der Waals surface area contributed by atoms with Crippen LogP contribution in [0.15, 0.2) is 259 Å². The fraction of sp³-hybridized carbons (Fsp3) is 0.233. The van der Waals surface area contributed by atoms with Gasteiger partial charge in [0.25, 0.3) is 0 Å². The second-order valence-corrected chi connectivity index (χ2v) is 24.5. The van der Waals surface area contributed by atoms with Gasteiger partial charge in [0.2, 0.25) is 0 Å². The number of esters is 9. The Hall–Kier alpha value is -14.2. The zero-order valence-corrected chi connectivity index (χ0v) is 64.7. The Morgan fingerprint density at radius 1 is 0.302 bits per heavy atom. The van der Waals surface area contributed by atoms with E-state index < -0.39 is 53.7 Å². The van der Waals surface area contributed by atoms with Crippen molar-refractivity contribution in [3.63, 3.8) is 0 Å². The van der Waals surface area contributed by atoms with Crippen molar-refractivity contribution in [3.05, 3.63) is 289 Å². The van der Waals surface area contributed by atoms with Crippen LogP contribution in [0.25, 0.3) is 0 Å². The molecule has 0 aliphatic heterocycles. The van der Waals surface area contributed by atoms with Crippen molar-refractivity contribution in [2.75, 3.05) is 60.0 Å². The third-order valence-electron chi connectivity index (χ3n) is 16.2. The van der Waals surface area contributed by atoms with Gasteiger partial charge < -0.3 is 61.6 Å². The average Bonchev–Trinajstić information content (AvgIpc) is 0.835. The molecule has 116 heavy (non-hydrogen) atoms. The number of carbonyl (C=O) groups excluding carboxylic acids is 9. The molecular weight excluding hydrogens is 1490 g/mol. The highest BCUT2D eigenvalue weighted by Crippen LogP contribution is 2.26. The van der Waals surface area contributed by atoms with Crippen LogP contribution in [-0.4, -0.2) is 138 Å². The van der Waals surface area contributed by atoms with Crippen molar-refractivity contribution in [2.24, 2.45) is 20.4 Å². The molecule has 0 aliphatic rings. The minimum Gasteiger partial charge on any atom is -0.494 e. The topological polar surface area (TPSA) is 323 Å². The van der Waals surface area contributed by atoms with Crippen molar-refractivity contribution in [3.8, 4) is 46.0 Å². The molecule has 0 heterocycles. The average molecular weight is 1580 g/mol. The van der Waals surface area contributed by atoms with Crippen LogP contribution in [-0.2, 0) is 42.9 Å². The lowest BCUT2D eigenvalue weighted by molar-refractivity contribution is -0.138. The van der Waals surface area contributed by atoms with E-state index in [0.717, 1.165) is 46.9 Å². The molecule has 26 nitrogen and oxygen atoms in total. The number of hydrogen-bond acceptors (Lipinski definition) is 26. The first-order valence-electron chi connectivity index (χ1n) is 37.1. The molecule has 8 aromatic rings. The molecule has 0 bridgehead atoms. The van der Waals surface area contributed by atoms with E-state index in [1.54, 1.807) is 140 Å². The molecule has 0 aromatic heterocycles. The first-order valence-corrected chi connectivity index (χ1v) is 37.1. The van der Waals surface area contributed by atoms with Crippen molar-refractivity contribution in [1.29, 1.82) is 0 Å². The van der Waals surface area contributed by atoms with E-state index in [9.17, 15) is 43.2 Å². The summed E-state index contributed by atoms with van der Waals surface area (Å²) in [7, 11) is 1.21. The molecule has 0 N–H and O–H groups in total. The summed E-state index contributed by atoms with van der Waals surface area (Å²) in [4.78, 5) is 108. The summed E-state index contributed by atoms with van der Waals surface area (Å²) in [6.45, 7) is 20.3. The second-order valence-electron chi connectivity index (χ2n) is 24.5. The summed E-state index contributed by atoms with van der Waals surface area (Å²) in [5.74, 6) is -1.29. The van der Waals surface area contributed by atoms with Gasteiger partial charge in [-0.3, -0.25) is 0 Å². The monoisotopic (exact) mass is 1580 g/mol. The first kappa shape index (κ1) is 89.0. The summed E-state index contributed by atoms with van der Waals surface area (Å²) in [6.07, 6.45) is 14.0. The molecule has 0 radical (unpaired) electrons. The highest BCUT2D eigenvalue weighted by atomic mass is 16.6. The Labute approximate surface area is 672 Å². The van der Waals surface area contributed by atoms with E-state index in [4.69, 9.17) is 61.6 Å². The number of rotatable bonds is 45. The molecule has 8 aromatic carbocycles. The van der Waals surface area contributed by atoms with E-state index in [1.165, 1.54) is 43.8 Å². The van der Waals surface area contributed by atoms with E-state index in [0.29, 0.717) is 179 Å². The Balaban J connectivity index is 0.000000321. The number of methoxy groups -OCH3 is 1. The molecule has 26 heteroatoms. The molecular formula is C90H90N4O22. The van der Waals surface area contributed by atoms with Crippen LogP contribution in [0.5, 0.6) is 46.0 Å². The van der Waals surface area contributed by atoms with Crippen LogP contribution in [0.1, 0.15) is 152 Å². The van der Waals surface area contributed by atoms with Crippen LogP contribution in [0.2, 0.25) is 0 Å². The highest BCUT2D eigenvalue weighted by molar-refractivity contribution is 6.04. The van der Waals surface area contributed by atoms with E-state index in [1.807, 2.05) is 38.1 Å². The van der Waals surface area contributed by atoms with Crippen LogP contribution in [0.3, 0.4) is 0 Å². The van der Waals surface area contributed by atoms with Crippen LogP contribution in [0.4, 0.5) is 0 Å². The van der Waals surface area contributed by atoms with Crippen LogP contribution >= 0.6 is 0 Å². The summed E-state index contributed by atoms with van der Waals surface area (Å²) in [5, 5.41) is 17.2. The molecule has 0 saturated heterocycles. The molecule has 0 saturated carbocycles. The van der Waals surface area contributed by atoms with Crippen molar-refractivity contribution in [2.45, 2.75) is 78.1 Å². The minimum atomic E-state index is -0.717. The van der Waals surface area contributed by atoms with Crippen molar-refractivity contribution < 1.29 is 105 Å². The molecule has 0 fully saturated rings. The maximum Gasteiger partial charge on any atom is 0.343 e. The summed E-state index contributed by atoms with van der Waals surface area (Å²) in [6, 6.07) is 51.6. The Bertz CT molecular complexity index is 4580. The number of carbonyl (C=O) groups is 9. The van der Waals surface area contributed by atoms with Gasteiger partial charge >= 0.3 is 53.7 Å². The third-order valence-corrected chi connectivity index (χ3v) is 16.2. The number of nitrogens with zero attached hydrogens (tertiary/aromatic N) is 4. The molecule has 0 spiro atoms. The maximum atomic E-state index is 12.9. The van der Waals surface area contributed by atoms with Gasteiger partial charge in [0.1, 0.15) is 51.6 Å². The number of hydrogen-bond donors (Lipinski definition) is 0. The minimum absolute atomic E-state index is 0.00392. The fourth-order valence-corrected chi connectivity index (χ4v) is 9.93. The largest absolute Gasteiger partial charge is 0.494 e. The second kappa shape index (κ2) is 50.0. The lowest BCUT2D eigenvalue weighted by Crippen LogP contribution is -2.13. The van der Waals surface area contributed by atoms with E-state index in [2.05, 4.69) is 46.7 Å². The van der Waals surface area contributed by atoms with E-state index in [-0.39, 0.29) is 23.5 Å². The van der Waals surface area contributed by atoms with Gasteiger partial charge in [-0.25, -0.2) is 43.2 Å². The molecule has 0 amide bonds. The summed E-state index contributed by atoms with van der Waals surface area (Å²) >= 11 is 0. The SMILES string of the molecule is C=CC(=O)OCCCCOc1ccc(C(=O)Oc2ccc(/C(CC)=N/N=C(\CC)c3ccc(OC(=O)c4ccc(OCCCCOC(=O)C=C)cc4)cc3)cc2)cc1.C=CC(=O)OCCCCOc1ccc(C(=O)Oc2ccc(/C=N/N=C/c3ccc(OC(=O)c4ccc(OCCCCOC(=O)C=C)cc4)c(C(=O)OC)c3)cc2)cc1. The number of unbranched alkanes of at least 4 members (excludes halogenated alkanes) is 4. The summed E-state index contributed by atoms with van der Waals surface area (Å²) < 4.78 is 69.5.